The highest BCUT2D eigenvalue weighted by atomic mass is 32.2. The summed E-state index contributed by atoms with van der Waals surface area (Å²) in [4.78, 5) is 11.9. The third-order valence-electron chi connectivity index (χ3n) is 2.57. The largest absolute Gasteiger partial charge is 0.478 e. The molecule has 0 amide bonds. The second-order valence-electron chi connectivity index (χ2n) is 3.89. The number of benzene rings is 1. The molecule has 1 aromatic carbocycles. The minimum absolute atomic E-state index is 0.0487. The molecule has 0 aliphatic carbocycles. The molecule has 0 atom stereocenters. The molecule has 7 heteroatoms. The standard InChI is InChI=1S/C13H12N2O2S3/c14-6-9-19-13(18)17-8-3-7-15-10-4-1-2-5-11(10)20-12(15)16/h1-2,4-5H,3,7-9H2. The number of hydrogen-bond acceptors (Lipinski definition) is 6. The molecule has 1 aromatic heterocycles. The van der Waals surface area contributed by atoms with E-state index in [1.165, 1.54) is 23.1 Å². The summed E-state index contributed by atoms with van der Waals surface area (Å²) in [5.74, 6) is 0.299. The maximum atomic E-state index is 11.9. The summed E-state index contributed by atoms with van der Waals surface area (Å²) in [6.45, 7) is 1.06. The topological polar surface area (TPSA) is 55.0 Å². The molecule has 2 rings (SSSR count). The molecule has 104 valence electrons. The van der Waals surface area contributed by atoms with Gasteiger partial charge in [0, 0.05) is 6.54 Å². The Morgan fingerprint density at radius 1 is 1.50 bits per heavy atom. The fourth-order valence-electron chi connectivity index (χ4n) is 1.74. The van der Waals surface area contributed by atoms with Crippen LogP contribution in [0, 0.1) is 11.3 Å². The Morgan fingerprint density at radius 2 is 2.30 bits per heavy atom. The molecule has 0 bridgehead atoms. The molecule has 2 aromatic rings. The zero-order valence-corrected chi connectivity index (χ0v) is 13.0. The number of para-hydroxylation sites is 1. The van der Waals surface area contributed by atoms with Crippen LogP contribution in [-0.2, 0) is 11.3 Å². The van der Waals surface area contributed by atoms with Gasteiger partial charge in [-0.15, -0.1) is 0 Å². The predicted octanol–water partition coefficient (Wildman–Crippen LogP) is 3.01. The van der Waals surface area contributed by atoms with E-state index in [2.05, 4.69) is 0 Å². The minimum atomic E-state index is 0.0487. The highest BCUT2D eigenvalue weighted by molar-refractivity contribution is 8.22. The van der Waals surface area contributed by atoms with E-state index in [1.807, 2.05) is 30.3 Å². The molecule has 0 aliphatic rings. The van der Waals surface area contributed by atoms with Gasteiger partial charge in [0.2, 0.25) is 4.38 Å². The molecule has 1 heterocycles. The third kappa shape index (κ3) is 3.82. The van der Waals surface area contributed by atoms with E-state index in [0.717, 1.165) is 10.2 Å². The van der Waals surface area contributed by atoms with Crippen molar-refractivity contribution in [3.8, 4) is 6.07 Å². The molecule has 4 nitrogen and oxygen atoms in total. The van der Waals surface area contributed by atoms with E-state index in [4.69, 9.17) is 22.2 Å². The molecule has 0 spiro atoms. The summed E-state index contributed by atoms with van der Waals surface area (Å²) in [7, 11) is 0. The number of aryl methyl sites for hydroxylation is 1. The number of fused-ring (bicyclic) bond motifs is 1. The zero-order valence-electron chi connectivity index (χ0n) is 10.6. The highest BCUT2D eigenvalue weighted by Gasteiger charge is 2.06. The fourth-order valence-corrected chi connectivity index (χ4v) is 3.26. The van der Waals surface area contributed by atoms with E-state index < -0.39 is 0 Å². The van der Waals surface area contributed by atoms with Gasteiger partial charge in [-0.3, -0.25) is 9.36 Å². The molecule has 0 aliphatic heterocycles. The van der Waals surface area contributed by atoms with Gasteiger partial charge in [-0.25, -0.2) is 0 Å². The maximum Gasteiger partial charge on any atom is 0.308 e. The SMILES string of the molecule is N#CCSC(=S)OCCCn1c(=O)sc2ccccc21. The van der Waals surface area contributed by atoms with Crippen molar-refractivity contribution in [3.05, 3.63) is 33.9 Å². The van der Waals surface area contributed by atoms with Crippen LogP contribution in [0.25, 0.3) is 10.2 Å². The molecule has 0 fully saturated rings. The number of nitriles is 1. The van der Waals surface area contributed by atoms with Gasteiger partial charge in [0.15, 0.2) is 0 Å². The van der Waals surface area contributed by atoms with E-state index in [1.54, 1.807) is 4.57 Å². The van der Waals surface area contributed by atoms with Gasteiger partial charge >= 0.3 is 4.87 Å². The molecular weight excluding hydrogens is 312 g/mol. The van der Waals surface area contributed by atoms with Gasteiger partial charge in [0.25, 0.3) is 0 Å². The van der Waals surface area contributed by atoms with Crippen LogP contribution < -0.4 is 4.87 Å². The van der Waals surface area contributed by atoms with Gasteiger partial charge < -0.3 is 4.74 Å². The molecule has 0 saturated heterocycles. The van der Waals surface area contributed by atoms with E-state index in [0.29, 0.717) is 29.7 Å². The molecule has 20 heavy (non-hydrogen) atoms. The average Bonchev–Trinajstić information content (AvgIpc) is 2.77. The number of rotatable bonds is 5. The molecular formula is C13H12N2O2S3. The van der Waals surface area contributed by atoms with Crippen LogP contribution in [0.3, 0.4) is 0 Å². The van der Waals surface area contributed by atoms with Crippen LogP contribution >= 0.6 is 35.3 Å². The zero-order chi connectivity index (χ0) is 14.4. The molecule has 0 unspecified atom stereocenters. The smallest absolute Gasteiger partial charge is 0.308 e. The first-order valence-electron chi connectivity index (χ1n) is 5.97. The van der Waals surface area contributed by atoms with Crippen molar-refractivity contribution < 1.29 is 4.74 Å². The quantitative estimate of drug-likeness (QED) is 0.625. The molecule has 0 radical (unpaired) electrons. The van der Waals surface area contributed by atoms with Crippen molar-refractivity contribution in [2.45, 2.75) is 13.0 Å². The maximum absolute atomic E-state index is 11.9. The van der Waals surface area contributed by atoms with Gasteiger partial charge in [-0.2, -0.15) is 5.26 Å². The lowest BCUT2D eigenvalue weighted by Gasteiger charge is -2.06. The summed E-state index contributed by atoms with van der Waals surface area (Å²) in [5.41, 5.74) is 0.962. The van der Waals surface area contributed by atoms with E-state index in [-0.39, 0.29) is 4.87 Å². The predicted molar refractivity (Wildman–Crippen MR) is 87.3 cm³/mol. The lowest BCUT2D eigenvalue weighted by atomic mass is 10.3. The first kappa shape index (κ1) is 15.0. The van der Waals surface area contributed by atoms with Crippen molar-refractivity contribution in [1.82, 2.24) is 4.57 Å². The number of ether oxygens (including phenoxy) is 1. The highest BCUT2D eigenvalue weighted by Crippen LogP contribution is 2.16. The lowest BCUT2D eigenvalue weighted by Crippen LogP contribution is -2.14. The Hall–Kier alpha value is -1.36. The number of thioether (sulfide) groups is 1. The Morgan fingerprint density at radius 3 is 3.10 bits per heavy atom. The Bertz CT molecular complexity index is 699. The summed E-state index contributed by atoms with van der Waals surface area (Å²) in [6, 6.07) is 9.74. The summed E-state index contributed by atoms with van der Waals surface area (Å²) < 4.78 is 8.47. The first-order chi connectivity index (χ1) is 9.72. The Kier molecular flexibility index (Phi) is 5.59. The van der Waals surface area contributed by atoms with Crippen LogP contribution in [0.15, 0.2) is 29.1 Å². The third-order valence-corrected chi connectivity index (χ3v) is 4.63. The summed E-state index contributed by atoms with van der Waals surface area (Å²) in [6.07, 6.45) is 0.702. The second-order valence-corrected chi connectivity index (χ2v) is 6.46. The minimum Gasteiger partial charge on any atom is -0.478 e. The van der Waals surface area contributed by atoms with Crippen LogP contribution in [0.5, 0.6) is 0 Å². The summed E-state index contributed by atoms with van der Waals surface area (Å²) >= 11 is 7.43. The second kappa shape index (κ2) is 7.43. The Labute approximate surface area is 130 Å². The summed E-state index contributed by atoms with van der Waals surface area (Å²) in [5, 5.41) is 8.42. The number of thiazole rings is 1. The van der Waals surface area contributed by atoms with E-state index in [9.17, 15) is 4.79 Å². The van der Waals surface area contributed by atoms with Crippen LogP contribution in [-0.4, -0.2) is 21.3 Å². The van der Waals surface area contributed by atoms with Crippen LogP contribution in [0.2, 0.25) is 0 Å². The van der Waals surface area contributed by atoms with Gasteiger partial charge in [-0.05, 0) is 30.8 Å². The van der Waals surface area contributed by atoms with E-state index >= 15 is 0 Å². The van der Waals surface area contributed by atoms with Gasteiger partial charge in [0.1, 0.15) is 0 Å². The van der Waals surface area contributed by atoms with Crippen molar-refractivity contribution in [3.63, 3.8) is 0 Å². The van der Waals surface area contributed by atoms with Crippen LogP contribution in [0.4, 0.5) is 0 Å². The first-order valence-corrected chi connectivity index (χ1v) is 8.18. The Balaban J connectivity index is 1.88. The van der Waals surface area contributed by atoms with Crippen LogP contribution in [0.1, 0.15) is 6.42 Å². The van der Waals surface area contributed by atoms with Crippen molar-refractivity contribution in [2.24, 2.45) is 0 Å². The molecule has 0 N–H and O–H groups in total. The number of hydrogen-bond donors (Lipinski definition) is 0. The fraction of sp³-hybridized carbons (Fsp3) is 0.308. The van der Waals surface area contributed by atoms with Gasteiger partial charge in [-0.1, -0.05) is 35.2 Å². The number of nitrogens with zero attached hydrogens (tertiary/aromatic N) is 2. The number of thiocarbonyl (C=S) groups is 1. The number of aromatic nitrogens is 1. The van der Waals surface area contributed by atoms with Crippen molar-refractivity contribution in [1.29, 1.82) is 5.26 Å². The van der Waals surface area contributed by atoms with Gasteiger partial charge in [0.05, 0.1) is 28.6 Å². The van der Waals surface area contributed by atoms with Crippen molar-refractivity contribution >= 4 is 49.9 Å². The normalized spacial score (nSPS) is 10.3. The average molecular weight is 324 g/mol. The van der Waals surface area contributed by atoms with Crippen molar-refractivity contribution in [2.75, 3.05) is 12.4 Å². The lowest BCUT2D eigenvalue weighted by molar-refractivity contribution is 0.305. The molecule has 0 saturated carbocycles. The monoisotopic (exact) mass is 324 g/mol.